The molecule has 2 aliphatic rings. The molecule has 4 heterocycles. The average molecular weight is 741 g/mol. The average Bonchev–Trinajstić information content (AvgIpc) is 3.52. The summed E-state index contributed by atoms with van der Waals surface area (Å²) in [6, 6.07) is -0.368. The summed E-state index contributed by atoms with van der Waals surface area (Å²) in [5.41, 5.74) is 6.59. The van der Waals surface area contributed by atoms with Gasteiger partial charge in [-0.05, 0) is 26.3 Å². The number of β-lactam (4-membered cyclic amide) rings is 1. The number of nitrogens with two attached hydrogens (primary N) is 2. The van der Waals surface area contributed by atoms with Gasteiger partial charge in [0.1, 0.15) is 34.4 Å². The third kappa shape index (κ3) is 6.19. The summed E-state index contributed by atoms with van der Waals surface area (Å²) in [6.45, 7) is 4.15. The molecule has 0 radical (unpaired) electrons. The highest BCUT2D eigenvalue weighted by atomic mass is 32.2. The molecule has 9 N–H and O–H groups in total. The van der Waals surface area contributed by atoms with E-state index in [0.717, 1.165) is 40.3 Å². The number of nitrogens with one attached hydrogen (secondary N) is 1. The van der Waals surface area contributed by atoms with Crippen molar-refractivity contribution in [3.8, 4) is 17.6 Å². The Bertz CT molecular complexity index is 2220. The number of carbonyl (C=O) groups excluding carboxylic acids is 3. The number of aromatic nitrogens is 2. The molecule has 0 aliphatic carbocycles. The Morgan fingerprint density at radius 1 is 1.25 bits per heavy atom. The number of hydrogen-bond donors (Lipinski definition) is 7. The fourth-order valence-electron chi connectivity index (χ4n) is 5.28. The van der Waals surface area contributed by atoms with Gasteiger partial charge in [-0.1, -0.05) is 5.16 Å². The molecule has 1 aromatic carbocycles. The van der Waals surface area contributed by atoms with Gasteiger partial charge >= 0.3 is 11.9 Å². The molecule has 3 atom stereocenters. The topological polar surface area (TPSA) is 314 Å². The lowest BCUT2D eigenvalue weighted by Crippen LogP contribution is -2.71. The van der Waals surface area contributed by atoms with Gasteiger partial charge in [0.05, 0.1) is 22.5 Å². The number of aliphatic carboxylic acids is 2. The van der Waals surface area contributed by atoms with Crippen LogP contribution in [0.2, 0.25) is 0 Å². The number of phenolic OH excluding ortho intramolecular Hbond substituents is 2. The van der Waals surface area contributed by atoms with E-state index < -0.39 is 92.1 Å². The number of oxime groups is 1. The molecule has 51 heavy (non-hydrogen) atoms. The number of carbonyl (C=O) groups is 5. The van der Waals surface area contributed by atoms with Crippen LogP contribution >= 0.6 is 23.1 Å². The number of ketones is 1. The number of phenols is 2. The highest BCUT2D eigenvalue weighted by Crippen LogP contribution is 2.41. The number of thiazole rings is 1. The summed E-state index contributed by atoms with van der Waals surface area (Å²) in [5.74, 6) is -7.74. The molecule has 2 aromatic heterocycles. The minimum absolute atomic E-state index is 0.0452. The number of nitriles is 1. The van der Waals surface area contributed by atoms with Crippen molar-refractivity contribution in [1.82, 2.24) is 19.8 Å². The third-order valence-electron chi connectivity index (χ3n) is 8.05. The maximum Gasteiger partial charge on any atom is 0.352 e. The number of carboxylic acids is 2. The molecule has 2 unspecified atom stereocenters. The molecular weight excluding hydrogens is 713 g/mol. The van der Waals surface area contributed by atoms with Crippen molar-refractivity contribution in [2.75, 3.05) is 11.5 Å². The minimum atomic E-state index is -1.86. The number of hydrogen-bond acceptors (Lipinski definition) is 16. The molecule has 5 rings (SSSR count). The van der Waals surface area contributed by atoms with Crippen molar-refractivity contribution in [2.24, 2.45) is 10.9 Å². The number of anilines is 1. The molecule has 0 saturated carbocycles. The third-order valence-corrected chi connectivity index (χ3v) is 10.0. The van der Waals surface area contributed by atoms with Crippen LogP contribution in [0.4, 0.5) is 5.13 Å². The Hall–Kier alpha value is -5.98. The van der Waals surface area contributed by atoms with E-state index in [2.05, 4.69) is 15.5 Å². The summed E-state index contributed by atoms with van der Waals surface area (Å²) in [6.07, 6.45) is 1.14. The fraction of sp³-hybridized carbons (Fsp3) is 0.300. The van der Waals surface area contributed by atoms with Crippen molar-refractivity contribution >= 4 is 74.4 Å². The van der Waals surface area contributed by atoms with Crippen molar-refractivity contribution < 1.29 is 49.2 Å². The number of rotatable bonds is 11. The number of benzene rings is 1. The van der Waals surface area contributed by atoms with Gasteiger partial charge in [-0.15, -0.1) is 23.1 Å². The number of Topliss-reactive ketones (excluding diaryl/α,β-unsaturated/α-hetero) is 1. The van der Waals surface area contributed by atoms with Gasteiger partial charge in [0.2, 0.25) is 11.0 Å². The molecule has 19 nitrogen and oxygen atoms in total. The van der Waals surface area contributed by atoms with Gasteiger partial charge in [-0.2, -0.15) is 5.26 Å². The molecule has 0 spiro atoms. The number of fused-ring (bicyclic) bond motifs is 2. The second-order valence-corrected chi connectivity index (χ2v) is 13.6. The van der Waals surface area contributed by atoms with Crippen LogP contribution in [-0.2, 0) is 30.6 Å². The molecule has 0 bridgehead atoms. The first-order valence-electron chi connectivity index (χ1n) is 14.7. The van der Waals surface area contributed by atoms with E-state index in [1.54, 1.807) is 13.0 Å². The summed E-state index contributed by atoms with van der Waals surface area (Å²) in [4.78, 5) is 88.0. The van der Waals surface area contributed by atoms with Crippen LogP contribution in [0.1, 0.15) is 42.4 Å². The van der Waals surface area contributed by atoms with E-state index in [1.807, 2.05) is 0 Å². The first kappa shape index (κ1) is 36.3. The van der Waals surface area contributed by atoms with Crippen LogP contribution < -0.4 is 22.2 Å². The van der Waals surface area contributed by atoms with Crippen LogP contribution in [0.25, 0.3) is 10.9 Å². The van der Waals surface area contributed by atoms with Crippen LogP contribution in [0.3, 0.4) is 0 Å². The summed E-state index contributed by atoms with van der Waals surface area (Å²) < 4.78 is 1.37. The van der Waals surface area contributed by atoms with Gasteiger partial charge in [-0.3, -0.25) is 24.1 Å². The fourth-order valence-corrected chi connectivity index (χ4v) is 7.23. The van der Waals surface area contributed by atoms with Crippen LogP contribution in [0.15, 0.2) is 38.9 Å². The highest BCUT2D eigenvalue weighted by molar-refractivity contribution is 8.00. The molecule has 3 aromatic rings. The minimum Gasteiger partial charge on any atom is -0.504 e. The number of nitrogens with zero attached hydrogens (tertiary/aromatic N) is 5. The zero-order chi connectivity index (χ0) is 37.7. The van der Waals surface area contributed by atoms with Gasteiger partial charge in [-0.25, -0.2) is 14.6 Å². The molecule has 2 amide bonds. The predicted molar refractivity (Wildman–Crippen MR) is 180 cm³/mol. The normalized spacial score (nSPS) is 18.1. The van der Waals surface area contributed by atoms with Gasteiger partial charge in [0, 0.05) is 29.9 Å². The number of pyridine rings is 1. The van der Waals surface area contributed by atoms with Gasteiger partial charge in [0.25, 0.3) is 11.8 Å². The maximum atomic E-state index is 13.8. The Labute approximate surface area is 294 Å². The largest absolute Gasteiger partial charge is 0.504 e. The summed E-state index contributed by atoms with van der Waals surface area (Å²) in [5, 5.41) is 55.7. The van der Waals surface area contributed by atoms with Gasteiger partial charge in [0.15, 0.2) is 28.1 Å². The zero-order valence-corrected chi connectivity index (χ0v) is 28.4. The van der Waals surface area contributed by atoms with Crippen molar-refractivity contribution in [3.05, 3.63) is 56.0 Å². The number of aromatic hydroxyl groups is 2. The van der Waals surface area contributed by atoms with Crippen LogP contribution in [0.5, 0.6) is 11.5 Å². The standard InChI is InChI=1S/C30H28N8O11S2/c1-4-37-7-11(22(41)16-10(6-31)21(40)15(39)5-14(16)37)23(42)17(32)12-8-50-26-19(25(44)38(26)20(12)27(45)46)35-24(43)18(13-9-51-29(33)34-13)36-49-30(2,3)28(47)48/h5,7,9,17,19,26,39-40H,4,8,32H2,1-3H3,(H2,33,34)(H,35,43)(H,45,46)(H,47,48)/b36-18-/t17?,19?,26-/m1/s1. The first-order valence-corrected chi connectivity index (χ1v) is 16.6. The van der Waals surface area contributed by atoms with E-state index in [0.29, 0.717) is 0 Å². The lowest BCUT2D eigenvalue weighted by Gasteiger charge is -2.49. The lowest BCUT2D eigenvalue weighted by atomic mass is 9.93. The van der Waals surface area contributed by atoms with Gasteiger partial charge < -0.3 is 46.6 Å². The Morgan fingerprint density at radius 3 is 2.51 bits per heavy atom. The maximum absolute atomic E-state index is 13.8. The highest BCUT2D eigenvalue weighted by Gasteiger charge is 2.55. The molecule has 266 valence electrons. The quantitative estimate of drug-likeness (QED) is 0.0443. The molecule has 1 fully saturated rings. The number of thioether (sulfide) groups is 1. The molecular formula is C30H28N8O11S2. The number of nitrogen functional groups attached to an aromatic ring is 1. The number of amides is 2. The van der Waals surface area contributed by atoms with Crippen molar-refractivity contribution in [3.63, 3.8) is 0 Å². The number of aryl methyl sites for hydroxylation is 1. The Morgan fingerprint density at radius 2 is 1.94 bits per heavy atom. The molecule has 1 saturated heterocycles. The Balaban J connectivity index is 1.46. The van der Waals surface area contributed by atoms with Crippen LogP contribution in [0, 0.1) is 11.3 Å². The van der Waals surface area contributed by atoms with E-state index in [1.165, 1.54) is 23.8 Å². The zero-order valence-electron chi connectivity index (χ0n) is 26.7. The second-order valence-electron chi connectivity index (χ2n) is 11.6. The van der Waals surface area contributed by atoms with Crippen molar-refractivity contribution in [2.45, 2.75) is 50.4 Å². The molecule has 2 aliphatic heterocycles. The Kier molecular flexibility index (Phi) is 9.53. The van der Waals surface area contributed by atoms with E-state index in [9.17, 15) is 54.5 Å². The SMILES string of the molecule is CCn1cc(C(=O)C(N)C2=C(C(=O)O)N3C(=O)C(NC(=O)/C(=N\OC(C)(C)C(=O)O)c4csc(N)n4)[C@H]3SC2)c(=O)c2c(C#N)c(O)c(O)cc21. The second kappa shape index (κ2) is 13.4. The smallest absolute Gasteiger partial charge is 0.352 e. The monoisotopic (exact) mass is 740 g/mol. The van der Waals surface area contributed by atoms with E-state index in [4.69, 9.17) is 16.3 Å². The van der Waals surface area contributed by atoms with E-state index in [-0.39, 0.29) is 39.6 Å². The first-order chi connectivity index (χ1) is 23.9. The van der Waals surface area contributed by atoms with E-state index >= 15 is 0 Å². The lowest BCUT2D eigenvalue weighted by molar-refractivity contribution is -0.161. The molecule has 21 heteroatoms. The predicted octanol–water partition coefficient (Wildman–Crippen LogP) is -0.124. The summed E-state index contributed by atoms with van der Waals surface area (Å²) >= 11 is 1.91. The van der Waals surface area contributed by atoms with Crippen molar-refractivity contribution in [1.29, 1.82) is 5.26 Å². The van der Waals surface area contributed by atoms with Crippen LogP contribution in [-0.4, -0.2) is 98.9 Å². The number of carboxylic acid groups (broad SMARTS) is 2. The summed E-state index contributed by atoms with van der Waals surface area (Å²) in [7, 11) is 0.